The molecular weight excluding hydrogens is 271 g/mol. The summed E-state index contributed by atoms with van der Waals surface area (Å²) in [6, 6.07) is 4.05. The number of nitrogens with one attached hydrogen (secondary N) is 3. The van der Waals surface area contributed by atoms with Gasteiger partial charge in [0.05, 0.1) is 5.56 Å². The molecule has 3 N–H and O–H groups in total. The van der Waals surface area contributed by atoms with E-state index < -0.39 is 17.8 Å². The first-order chi connectivity index (χ1) is 9.36. The van der Waals surface area contributed by atoms with Crippen LogP contribution in [0.25, 0.3) is 0 Å². The lowest BCUT2D eigenvalue weighted by atomic mass is 10.1. The van der Waals surface area contributed by atoms with E-state index in [1.54, 1.807) is 0 Å². The summed E-state index contributed by atoms with van der Waals surface area (Å²) in [7, 11) is 0. The van der Waals surface area contributed by atoms with Gasteiger partial charge in [-0.3, -0.25) is 0 Å². The monoisotopic (exact) mass is 287 g/mol. The summed E-state index contributed by atoms with van der Waals surface area (Å²) in [6.07, 6.45) is -4.42. The van der Waals surface area contributed by atoms with Gasteiger partial charge in [0.2, 0.25) is 0 Å². The number of urea groups is 1. The molecule has 110 valence electrons. The summed E-state index contributed by atoms with van der Waals surface area (Å²) >= 11 is 0. The summed E-state index contributed by atoms with van der Waals surface area (Å²) in [5.41, 5.74) is -0.665. The number of alkyl halides is 3. The minimum Gasteiger partial charge on any atom is -0.334 e. The standard InChI is InChI=1S/C13H16F3N3O/c1-8-6-17-7-11(8)19-12(20)18-10-4-2-3-9(5-10)13(14,15)16/h2-5,8,11,17H,6-7H2,1H3,(H2,18,19,20). The van der Waals surface area contributed by atoms with E-state index in [4.69, 9.17) is 0 Å². The Hall–Kier alpha value is -1.76. The Balaban J connectivity index is 1.97. The van der Waals surface area contributed by atoms with Crippen molar-refractivity contribution in [2.24, 2.45) is 5.92 Å². The Morgan fingerprint density at radius 3 is 2.70 bits per heavy atom. The van der Waals surface area contributed by atoms with Crippen LogP contribution in [0, 0.1) is 5.92 Å². The van der Waals surface area contributed by atoms with Gasteiger partial charge in [-0.15, -0.1) is 0 Å². The topological polar surface area (TPSA) is 53.2 Å². The van der Waals surface area contributed by atoms with E-state index >= 15 is 0 Å². The zero-order valence-corrected chi connectivity index (χ0v) is 10.9. The van der Waals surface area contributed by atoms with Gasteiger partial charge in [-0.1, -0.05) is 13.0 Å². The lowest BCUT2D eigenvalue weighted by Gasteiger charge is -2.17. The predicted molar refractivity (Wildman–Crippen MR) is 69.4 cm³/mol. The molecule has 1 aromatic rings. The smallest absolute Gasteiger partial charge is 0.334 e. The first-order valence-electron chi connectivity index (χ1n) is 6.32. The average molecular weight is 287 g/mol. The van der Waals surface area contributed by atoms with Crippen LogP contribution in [0.4, 0.5) is 23.7 Å². The van der Waals surface area contributed by atoms with Gasteiger partial charge in [-0.05, 0) is 30.7 Å². The number of rotatable bonds is 2. The number of halogens is 3. The lowest BCUT2D eigenvalue weighted by Crippen LogP contribution is -2.41. The molecule has 4 nitrogen and oxygen atoms in total. The van der Waals surface area contributed by atoms with Crippen LogP contribution in [0.3, 0.4) is 0 Å². The van der Waals surface area contributed by atoms with Crippen LogP contribution in [-0.2, 0) is 6.18 Å². The highest BCUT2D eigenvalue weighted by Gasteiger charge is 2.30. The van der Waals surface area contributed by atoms with Gasteiger partial charge in [0.25, 0.3) is 0 Å². The normalized spacial score (nSPS) is 22.6. The molecule has 7 heteroatoms. The largest absolute Gasteiger partial charge is 0.416 e. The highest BCUT2D eigenvalue weighted by Crippen LogP contribution is 2.30. The fourth-order valence-corrected chi connectivity index (χ4v) is 2.11. The van der Waals surface area contributed by atoms with E-state index in [1.165, 1.54) is 12.1 Å². The molecule has 1 fully saturated rings. The molecule has 2 unspecified atom stereocenters. The number of carbonyl (C=O) groups is 1. The van der Waals surface area contributed by atoms with Crippen molar-refractivity contribution < 1.29 is 18.0 Å². The summed E-state index contributed by atoms with van der Waals surface area (Å²) in [5.74, 6) is 0.294. The summed E-state index contributed by atoms with van der Waals surface area (Å²) in [6.45, 7) is 3.47. The molecule has 2 amide bonds. The third-order valence-electron chi connectivity index (χ3n) is 3.28. The zero-order valence-electron chi connectivity index (χ0n) is 10.9. The van der Waals surface area contributed by atoms with E-state index in [1.807, 2.05) is 6.92 Å². The minimum atomic E-state index is -4.42. The molecular formula is C13H16F3N3O. The van der Waals surface area contributed by atoms with Crippen molar-refractivity contribution >= 4 is 11.7 Å². The fourth-order valence-electron chi connectivity index (χ4n) is 2.11. The molecule has 2 atom stereocenters. The second-order valence-corrected chi connectivity index (χ2v) is 4.92. The Labute approximate surface area is 114 Å². The molecule has 0 aromatic heterocycles. The quantitative estimate of drug-likeness (QED) is 0.782. The van der Waals surface area contributed by atoms with Gasteiger partial charge in [0.15, 0.2) is 0 Å². The van der Waals surface area contributed by atoms with E-state index in [0.29, 0.717) is 12.5 Å². The van der Waals surface area contributed by atoms with Crippen LogP contribution in [0.15, 0.2) is 24.3 Å². The van der Waals surface area contributed by atoms with Crippen LogP contribution in [-0.4, -0.2) is 25.2 Å². The number of carbonyl (C=O) groups excluding carboxylic acids is 1. The highest BCUT2D eigenvalue weighted by molar-refractivity contribution is 5.89. The Morgan fingerprint density at radius 2 is 2.10 bits per heavy atom. The molecule has 1 aliphatic rings. The number of amides is 2. The van der Waals surface area contributed by atoms with Gasteiger partial charge >= 0.3 is 12.2 Å². The molecule has 0 bridgehead atoms. The predicted octanol–water partition coefficient (Wildman–Crippen LogP) is 2.43. The van der Waals surface area contributed by atoms with Crippen LogP contribution in [0.1, 0.15) is 12.5 Å². The van der Waals surface area contributed by atoms with Gasteiger partial charge in [-0.2, -0.15) is 13.2 Å². The number of anilines is 1. The maximum absolute atomic E-state index is 12.5. The summed E-state index contributed by atoms with van der Waals surface area (Å²) in [4.78, 5) is 11.7. The van der Waals surface area contributed by atoms with Crippen LogP contribution in [0.5, 0.6) is 0 Å². The molecule has 1 saturated heterocycles. The molecule has 1 aliphatic heterocycles. The van der Waals surface area contributed by atoms with Crippen LogP contribution < -0.4 is 16.0 Å². The lowest BCUT2D eigenvalue weighted by molar-refractivity contribution is -0.137. The molecule has 0 radical (unpaired) electrons. The first kappa shape index (κ1) is 14.6. The van der Waals surface area contributed by atoms with E-state index in [2.05, 4.69) is 16.0 Å². The average Bonchev–Trinajstić information content (AvgIpc) is 2.74. The van der Waals surface area contributed by atoms with Crippen molar-refractivity contribution in [3.63, 3.8) is 0 Å². The van der Waals surface area contributed by atoms with Gasteiger partial charge in [-0.25, -0.2) is 4.79 Å². The fraction of sp³-hybridized carbons (Fsp3) is 0.462. The molecule has 0 spiro atoms. The maximum Gasteiger partial charge on any atom is 0.416 e. The Bertz CT molecular complexity index is 490. The zero-order chi connectivity index (χ0) is 14.8. The molecule has 0 saturated carbocycles. The maximum atomic E-state index is 12.5. The number of hydrogen-bond acceptors (Lipinski definition) is 2. The second kappa shape index (κ2) is 5.70. The minimum absolute atomic E-state index is 0.0131. The Morgan fingerprint density at radius 1 is 1.35 bits per heavy atom. The van der Waals surface area contributed by atoms with Crippen molar-refractivity contribution in [2.75, 3.05) is 18.4 Å². The van der Waals surface area contributed by atoms with E-state index in [-0.39, 0.29) is 11.7 Å². The van der Waals surface area contributed by atoms with Crippen molar-refractivity contribution in [2.45, 2.75) is 19.1 Å². The first-order valence-corrected chi connectivity index (χ1v) is 6.32. The molecule has 0 aliphatic carbocycles. The molecule has 1 aromatic carbocycles. The second-order valence-electron chi connectivity index (χ2n) is 4.92. The van der Waals surface area contributed by atoms with Crippen molar-refractivity contribution in [1.29, 1.82) is 0 Å². The van der Waals surface area contributed by atoms with Gasteiger partial charge < -0.3 is 16.0 Å². The Kier molecular flexibility index (Phi) is 4.17. The third-order valence-corrected chi connectivity index (χ3v) is 3.28. The highest BCUT2D eigenvalue weighted by atomic mass is 19.4. The van der Waals surface area contributed by atoms with Gasteiger partial charge in [0, 0.05) is 18.3 Å². The van der Waals surface area contributed by atoms with Crippen molar-refractivity contribution in [3.05, 3.63) is 29.8 Å². The third kappa shape index (κ3) is 3.63. The SMILES string of the molecule is CC1CNCC1NC(=O)Nc1cccc(C(F)(F)F)c1. The summed E-state index contributed by atoms with van der Waals surface area (Å²) in [5, 5.41) is 8.29. The van der Waals surface area contributed by atoms with E-state index in [0.717, 1.165) is 18.7 Å². The van der Waals surface area contributed by atoms with Gasteiger partial charge in [0.1, 0.15) is 0 Å². The van der Waals surface area contributed by atoms with Crippen LogP contribution in [0.2, 0.25) is 0 Å². The van der Waals surface area contributed by atoms with Crippen molar-refractivity contribution in [3.8, 4) is 0 Å². The van der Waals surface area contributed by atoms with E-state index in [9.17, 15) is 18.0 Å². The molecule has 20 heavy (non-hydrogen) atoms. The summed E-state index contributed by atoms with van der Waals surface area (Å²) < 4.78 is 37.6. The number of benzene rings is 1. The molecule has 2 rings (SSSR count). The molecule has 1 heterocycles. The number of hydrogen-bond donors (Lipinski definition) is 3. The van der Waals surface area contributed by atoms with Crippen LogP contribution >= 0.6 is 0 Å². The van der Waals surface area contributed by atoms with Crippen molar-refractivity contribution in [1.82, 2.24) is 10.6 Å².